The summed E-state index contributed by atoms with van der Waals surface area (Å²) in [6.45, 7) is 5.09. The van der Waals surface area contributed by atoms with Gasteiger partial charge in [-0.25, -0.2) is 4.79 Å². The van der Waals surface area contributed by atoms with Gasteiger partial charge in [0.25, 0.3) is 0 Å². The number of nitrogens with zero attached hydrogens (tertiary/aromatic N) is 1. The molecule has 0 saturated heterocycles. The molecule has 1 atom stereocenters. The van der Waals surface area contributed by atoms with E-state index in [9.17, 15) is 4.79 Å². The fraction of sp³-hybridized carbons (Fsp3) is 0.417. The van der Waals surface area contributed by atoms with E-state index in [-0.39, 0.29) is 12.1 Å². The van der Waals surface area contributed by atoms with Gasteiger partial charge in [-0.15, -0.1) is 0 Å². The van der Waals surface area contributed by atoms with E-state index in [1.807, 2.05) is 38.1 Å². The molecule has 1 aromatic carbocycles. The molecule has 2 amide bonds. The smallest absolute Gasteiger partial charge is 0.322 e. The molecule has 4 nitrogen and oxygen atoms in total. The molecule has 1 heterocycles. The van der Waals surface area contributed by atoms with Crippen LogP contribution in [-0.2, 0) is 0 Å². The van der Waals surface area contributed by atoms with E-state index in [4.69, 9.17) is 4.74 Å². The number of fused-ring (bicyclic) bond motifs is 1. The van der Waals surface area contributed by atoms with Crippen LogP contribution in [0.2, 0.25) is 0 Å². The molecule has 0 bridgehead atoms. The zero-order chi connectivity index (χ0) is 11.5. The van der Waals surface area contributed by atoms with Crippen LogP contribution in [-0.4, -0.2) is 25.2 Å². The molecule has 0 aromatic heterocycles. The van der Waals surface area contributed by atoms with E-state index in [1.54, 1.807) is 4.90 Å². The van der Waals surface area contributed by atoms with Crippen molar-refractivity contribution in [3.05, 3.63) is 24.3 Å². The minimum Gasteiger partial charge on any atom is -0.487 e. The number of hydrogen-bond donors (Lipinski definition) is 1. The number of amides is 2. The predicted octanol–water partition coefficient (Wildman–Crippen LogP) is 2.00. The lowest BCUT2D eigenvalue weighted by Crippen LogP contribution is -2.47. The molecule has 1 aliphatic heterocycles. The van der Waals surface area contributed by atoms with Gasteiger partial charge in [-0.2, -0.15) is 0 Å². The highest BCUT2D eigenvalue weighted by molar-refractivity contribution is 5.94. The van der Waals surface area contributed by atoms with E-state index < -0.39 is 0 Å². The first-order valence-corrected chi connectivity index (χ1v) is 5.53. The Labute approximate surface area is 95.2 Å². The Morgan fingerprint density at radius 1 is 1.56 bits per heavy atom. The van der Waals surface area contributed by atoms with Gasteiger partial charge in [-0.1, -0.05) is 12.1 Å². The third-order valence-corrected chi connectivity index (χ3v) is 2.50. The predicted molar refractivity (Wildman–Crippen MR) is 63.0 cm³/mol. The topological polar surface area (TPSA) is 41.6 Å². The van der Waals surface area contributed by atoms with E-state index in [0.29, 0.717) is 13.1 Å². The molecule has 0 unspecified atom stereocenters. The Balaban J connectivity index is 2.30. The summed E-state index contributed by atoms with van der Waals surface area (Å²) in [5.74, 6) is 0.771. The van der Waals surface area contributed by atoms with Crippen LogP contribution in [0.15, 0.2) is 24.3 Å². The average Bonchev–Trinajstić information content (AvgIpc) is 2.28. The lowest BCUT2D eigenvalue weighted by molar-refractivity contribution is 0.205. The zero-order valence-corrected chi connectivity index (χ0v) is 9.56. The monoisotopic (exact) mass is 220 g/mol. The first kappa shape index (κ1) is 10.8. The number of urea groups is 1. The minimum absolute atomic E-state index is 0.0255. The van der Waals surface area contributed by atoms with Crippen molar-refractivity contribution < 1.29 is 9.53 Å². The molecule has 0 spiro atoms. The summed E-state index contributed by atoms with van der Waals surface area (Å²) < 4.78 is 5.67. The quantitative estimate of drug-likeness (QED) is 0.786. The standard InChI is InChI=1S/C12H16N2O2/c1-3-13-12(15)14-8-9(2)16-11-7-5-4-6-10(11)14/h4-7,9H,3,8H2,1-2H3,(H,13,15)/t9-/m1/s1. The van der Waals surface area contributed by atoms with Crippen molar-refractivity contribution in [2.24, 2.45) is 0 Å². The van der Waals surface area contributed by atoms with Gasteiger partial charge in [0.15, 0.2) is 0 Å². The maximum absolute atomic E-state index is 11.9. The first-order valence-electron chi connectivity index (χ1n) is 5.53. The molecular weight excluding hydrogens is 204 g/mol. The van der Waals surface area contributed by atoms with Crippen molar-refractivity contribution in [1.29, 1.82) is 0 Å². The summed E-state index contributed by atoms with van der Waals surface area (Å²) in [4.78, 5) is 13.6. The fourth-order valence-corrected chi connectivity index (χ4v) is 1.83. The Morgan fingerprint density at radius 2 is 2.31 bits per heavy atom. The van der Waals surface area contributed by atoms with E-state index in [0.717, 1.165) is 11.4 Å². The van der Waals surface area contributed by atoms with Crippen LogP contribution in [0.3, 0.4) is 0 Å². The van der Waals surface area contributed by atoms with Gasteiger partial charge in [0.1, 0.15) is 11.9 Å². The first-order chi connectivity index (χ1) is 7.72. The van der Waals surface area contributed by atoms with Crippen LogP contribution in [0.4, 0.5) is 10.5 Å². The summed E-state index contributed by atoms with van der Waals surface area (Å²) in [5, 5.41) is 2.81. The number of nitrogens with one attached hydrogen (secondary N) is 1. The lowest BCUT2D eigenvalue weighted by atomic mass is 10.2. The highest BCUT2D eigenvalue weighted by Crippen LogP contribution is 2.32. The number of carbonyl (C=O) groups excluding carboxylic acids is 1. The maximum atomic E-state index is 11.9. The zero-order valence-electron chi connectivity index (χ0n) is 9.56. The number of ether oxygens (including phenoxy) is 1. The van der Waals surface area contributed by atoms with Crippen LogP contribution in [0.1, 0.15) is 13.8 Å². The van der Waals surface area contributed by atoms with Gasteiger partial charge in [-0.05, 0) is 26.0 Å². The van der Waals surface area contributed by atoms with Gasteiger partial charge in [0.2, 0.25) is 0 Å². The van der Waals surface area contributed by atoms with Crippen molar-refractivity contribution in [2.75, 3.05) is 18.0 Å². The number of hydrogen-bond acceptors (Lipinski definition) is 2. The Kier molecular flexibility index (Phi) is 2.99. The Hall–Kier alpha value is -1.71. The van der Waals surface area contributed by atoms with E-state index in [1.165, 1.54) is 0 Å². The summed E-state index contributed by atoms with van der Waals surface area (Å²) in [6.07, 6.45) is 0.0255. The third-order valence-electron chi connectivity index (χ3n) is 2.50. The van der Waals surface area contributed by atoms with Gasteiger partial charge >= 0.3 is 6.03 Å². The molecule has 0 saturated carbocycles. The van der Waals surface area contributed by atoms with Crippen molar-refractivity contribution >= 4 is 11.7 Å². The van der Waals surface area contributed by atoms with Crippen LogP contribution < -0.4 is 15.0 Å². The molecule has 16 heavy (non-hydrogen) atoms. The van der Waals surface area contributed by atoms with E-state index in [2.05, 4.69) is 5.32 Å². The molecule has 1 aromatic rings. The average molecular weight is 220 g/mol. The highest BCUT2D eigenvalue weighted by atomic mass is 16.5. The molecule has 1 aliphatic rings. The molecule has 4 heteroatoms. The Morgan fingerprint density at radius 3 is 3.06 bits per heavy atom. The van der Waals surface area contributed by atoms with Crippen molar-refractivity contribution in [3.63, 3.8) is 0 Å². The Bertz CT molecular complexity index is 392. The molecule has 2 rings (SSSR count). The second kappa shape index (κ2) is 4.43. The molecule has 0 radical (unpaired) electrons. The summed E-state index contributed by atoms with van der Waals surface area (Å²) in [7, 11) is 0. The largest absolute Gasteiger partial charge is 0.487 e. The van der Waals surface area contributed by atoms with Crippen LogP contribution in [0.5, 0.6) is 5.75 Å². The minimum atomic E-state index is -0.0647. The molecular formula is C12H16N2O2. The van der Waals surface area contributed by atoms with Gasteiger partial charge < -0.3 is 10.1 Å². The molecule has 1 N–H and O–H groups in total. The summed E-state index contributed by atoms with van der Waals surface area (Å²) in [6, 6.07) is 7.54. The second-order valence-corrected chi connectivity index (χ2v) is 3.84. The maximum Gasteiger partial charge on any atom is 0.322 e. The second-order valence-electron chi connectivity index (χ2n) is 3.84. The van der Waals surface area contributed by atoms with Crippen LogP contribution >= 0.6 is 0 Å². The molecule has 86 valence electrons. The van der Waals surface area contributed by atoms with Gasteiger partial charge in [-0.3, -0.25) is 4.90 Å². The number of para-hydroxylation sites is 2. The molecule has 0 aliphatic carbocycles. The summed E-state index contributed by atoms with van der Waals surface area (Å²) in [5.41, 5.74) is 0.839. The van der Waals surface area contributed by atoms with Crippen molar-refractivity contribution in [1.82, 2.24) is 5.32 Å². The number of anilines is 1. The van der Waals surface area contributed by atoms with Crippen molar-refractivity contribution in [2.45, 2.75) is 20.0 Å². The van der Waals surface area contributed by atoms with Gasteiger partial charge in [0.05, 0.1) is 12.2 Å². The normalized spacial score (nSPS) is 18.6. The fourth-order valence-electron chi connectivity index (χ4n) is 1.83. The van der Waals surface area contributed by atoms with E-state index >= 15 is 0 Å². The van der Waals surface area contributed by atoms with Crippen molar-refractivity contribution in [3.8, 4) is 5.75 Å². The van der Waals surface area contributed by atoms with Crippen LogP contribution in [0, 0.1) is 0 Å². The lowest BCUT2D eigenvalue weighted by Gasteiger charge is -2.33. The highest BCUT2D eigenvalue weighted by Gasteiger charge is 2.26. The molecule has 0 fully saturated rings. The number of benzene rings is 1. The van der Waals surface area contributed by atoms with Gasteiger partial charge in [0, 0.05) is 6.54 Å². The SMILES string of the molecule is CCNC(=O)N1C[C@@H](C)Oc2ccccc21. The number of rotatable bonds is 1. The van der Waals surface area contributed by atoms with Crippen LogP contribution in [0.25, 0.3) is 0 Å². The number of carbonyl (C=O) groups is 1. The summed E-state index contributed by atoms with van der Waals surface area (Å²) >= 11 is 0. The third kappa shape index (κ3) is 1.96.